The summed E-state index contributed by atoms with van der Waals surface area (Å²) in [6.07, 6.45) is 20.7. The summed E-state index contributed by atoms with van der Waals surface area (Å²) in [5, 5.41) is 26.1. The molecule has 0 aliphatic rings. The number of carbonyl (C=O) groups is 3. The molecule has 0 aromatic rings. The van der Waals surface area contributed by atoms with Crippen LogP contribution in [0, 0.1) is 0 Å². The predicted octanol–water partition coefficient (Wildman–Crippen LogP) is 7.80. The summed E-state index contributed by atoms with van der Waals surface area (Å²) in [5.41, 5.74) is 0. The Morgan fingerprint density at radius 2 is 0.571 bits per heavy atom. The van der Waals surface area contributed by atoms with Gasteiger partial charge in [0.25, 0.3) is 0 Å². The topological polar surface area (TPSA) is 129 Å². The second-order valence-electron chi connectivity index (χ2n) is 10.0. The Labute approximate surface area is 212 Å². The highest BCUT2D eigenvalue weighted by molar-refractivity contribution is 7.63. The standard InChI is InChI=1S/C27H51O7P/c28-25(29)19-13-7-1-4-10-16-22-35(34,23-17-11-5-2-8-14-20-26(30)31)24-18-12-6-3-9-15-21-27(32)33/h1-24H2,(H,28,29)(H,30,31)(H,32,33). The van der Waals surface area contributed by atoms with Gasteiger partial charge in [-0.25, -0.2) is 0 Å². The Morgan fingerprint density at radius 3 is 0.800 bits per heavy atom. The average Bonchev–Trinajstić information content (AvgIpc) is 2.78. The lowest BCUT2D eigenvalue weighted by atomic mass is 10.1. The van der Waals surface area contributed by atoms with E-state index in [9.17, 15) is 18.9 Å². The van der Waals surface area contributed by atoms with Crippen LogP contribution >= 0.6 is 7.14 Å². The third-order valence-electron chi connectivity index (χ3n) is 6.62. The smallest absolute Gasteiger partial charge is 0.303 e. The molecule has 0 amide bonds. The maximum Gasteiger partial charge on any atom is 0.303 e. The van der Waals surface area contributed by atoms with Crippen molar-refractivity contribution in [2.45, 2.75) is 135 Å². The van der Waals surface area contributed by atoms with Crippen LogP contribution < -0.4 is 0 Å². The number of aliphatic carboxylic acids is 3. The van der Waals surface area contributed by atoms with Crippen LogP contribution in [0.2, 0.25) is 0 Å². The molecule has 0 aliphatic heterocycles. The number of unbranched alkanes of at least 4 members (excludes halogenated alkanes) is 15. The molecule has 3 N–H and O–H groups in total. The van der Waals surface area contributed by atoms with Crippen molar-refractivity contribution in [1.82, 2.24) is 0 Å². The maximum absolute atomic E-state index is 13.6. The third-order valence-corrected chi connectivity index (χ3v) is 10.0. The quantitative estimate of drug-likeness (QED) is 0.0747. The largest absolute Gasteiger partial charge is 0.481 e. The van der Waals surface area contributed by atoms with Crippen LogP contribution in [0.3, 0.4) is 0 Å². The summed E-state index contributed by atoms with van der Waals surface area (Å²) < 4.78 is 13.6. The van der Waals surface area contributed by atoms with E-state index in [0.717, 1.165) is 134 Å². The molecular weight excluding hydrogens is 467 g/mol. The van der Waals surface area contributed by atoms with Gasteiger partial charge in [0.2, 0.25) is 0 Å². The molecule has 0 fully saturated rings. The first kappa shape index (κ1) is 33.6. The molecule has 0 aliphatic carbocycles. The fourth-order valence-electron chi connectivity index (χ4n) is 4.49. The van der Waals surface area contributed by atoms with Crippen LogP contribution in [0.15, 0.2) is 0 Å². The number of hydrogen-bond acceptors (Lipinski definition) is 4. The van der Waals surface area contributed by atoms with Crippen LogP contribution in [0.5, 0.6) is 0 Å². The Morgan fingerprint density at radius 1 is 0.371 bits per heavy atom. The van der Waals surface area contributed by atoms with Gasteiger partial charge in [-0.15, -0.1) is 0 Å². The van der Waals surface area contributed by atoms with Crippen LogP contribution in [0.1, 0.15) is 135 Å². The molecule has 0 unspecified atom stereocenters. The minimum absolute atomic E-state index is 0.244. The molecule has 0 rings (SSSR count). The summed E-state index contributed by atoms with van der Waals surface area (Å²) in [6.45, 7) is 0. The molecular formula is C27H51O7P. The molecule has 0 radical (unpaired) electrons. The summed E-state index contributed by atoms with van der Waals surface area (Å²) in [5.74, 6) is -2.19. The molecule has 0 aromatic carbocycles. The Balaban J connectivity index is 4.16. The molecule has 0 spiro atoms. The average molecular weight is 519 g/mol. The van der Waals surface area contributed by atoms with Crippen molar-refractivity contribution in [3.63, 3.8) is 0 Å². The van der Waals surface area contributed by atoms with Crippen LogP contribution in [0.25, 0.3) is 0 Å². The molecule has 8 heteroatoms. The lowest BCUT2D eigenvalue weighted by Gasteiger charge is -2.18. The van der Waals surface area contributed by atoms with Gasteiger partial charge < -0.3 is 19.9 Å². The minimum Gasteiger partial charge on any atom is -0.481 e. The fourth-order valence-corrected chi connectivity index (χ4v) is 7.56. The zero-order valence-electron chi connectivity index (χ0n) is 21.9. The first-order valence-electron chi connectivity index (χ1n) is 14.0. The predicted molar refractivity (Wildman–Crippen MR) is 142 cm³/mol. The van der Waals surface area contributed by atoms with E-state index in [-0.39, 0.29) is 19.3 Å². The fraction of sp³-hybridized carbons (Fsp3) is 0.889. The zero-order valence-corrected chi connectivity index (χ0v) is 22.8. The van der Waals surface area contributed by atoms with E-state index in [1.54, 1.807) is 0 Å². The van der Waals surface area contributed by atoms with Crippen molar-refractivity contribution < 1.29 is 34.3 Å². The molecule has 0 atom stereocenters. The monoisotopic (exact) mass is 518 g/mol. The minimum atomic E-state index is -2.18. The number of hydrogen-bond donors (Lipinski definition) is 3. The Bertz CT molecular complexity index is 526. The van der Waals surface area contributed by atoms with E-state index in [1.807, 2.05) is 0 Å². The molecule has 0 aromatic heterocycles. The molecule has 0 saturated heterocycles. The lowest BCUT2D eigenvalue weighted by Crippen LogP contribution is -2.02. The van der Waals surface area contributed by atoms with Gasteiger partial charge in [0.05, 0.1) is 7.14 Å². The number of carboxylic acids is 3. The molecule has 206 valence electrons. The van der Waals surface area contributed by atoms with Crippen LogP contribution in [-0.4, -0.2) is 51.7 Å². The summed E-state index contributed by atoms with van der Waals surface area (Å²) in [4.78, 5) is 31.7. The van der Waals surface area contributed by atoms with Crippen molar-refractivity contribution in [2.24, 2.45) is 0 Å². The van der Waals surface area contributed by atoms with Gasteiger partial charge in [-0.2, -0.15) is 0 Å². The molecule has 0 heterocycles. The number of carboxylic acid groups (broad SMARTS) is 3. The van der Waals surface area contributed by atoms with Gasteiger partial charge in [-0.3, -0.25) is 14.4 Å². The van der Waals surface area contributed by atoms with Gasteiger partial charge in [0.1, 0.15) is 0 Å². The highest BCUT2D eigenvalue weighted by Gasteiger charge is 2.20. The van der Waals surface area contributed by atoms with Gasteiger partial charge in [-0.1, -0.05) is 77.0 Å². The third kappa shape index (κ3) is 25.5. The first-order chi connectivity index (χ1) is 16.7. The maximum atomic E-state index is 13.6. The van der Waals surface area contributed by atoms with Crippen molar-refractivity contribution in [3.8, 4) is 0 Å². The Kier molecular flexibility index (Phi) is 22.2. The summed E-state index contributed by atoms with van der Waals surface area (Å²) >= 11 is 0. The first-order valence-corrected chi connectivity index (χ1v) is 16.2. The van der Waals surface area contributed by atoms with E-state index in [1.165, 1.54) is 0 Å². The highest BCUT2D eigenvalue weighted by Crippen LogP contribution is 2.48. The normalized spacial score (nSPS) is 11.5. The Hall–Kier alpha value is -1.36. The molecule has 0 bridgehead atoms. The van der Waals surface area contributed by atoms with Crippen molar-refractivity contribution >= 4 is 25.0 Å². The summed E-state index contributed by atoms with van der Waals surface area (Å²) in [6, 6.07) is 0. The van der Waals surface area contributed by atoms with Crippen molar-refractivity contribution in [3.05, 3.63) is 0 Å². The number of rotatable bonds is 27. The molecule has 7 nitrogen and oxygen atoms in total. The van der Waals surface area contributed by atoms with Crippen LogP contribution in [-0.2, 0) is 18.9 Å². The van der Waals surface area contributed by atoms with E-state index in [4.69, 9.17) is 15.3 Å². The SMILES string of the molecule is O=C(O)CCCCCCCCP(=O)(CCCCCCCCC(=O)O)CCCCCCCCC(=O)O. The van der Waals surface area contributed by atoms with E-state index >= 15 is 0 Å². The van der Waals surface area contributed by atoms with Crippen molar-refractivity contribution in [1.29, 1.82) is 0 Å². The van der Waals surface area contributed by atoms with Crippen LogP contribution in [0.4, 0.5) is 0 Å². The van der Waals surface area contributed by atoms with E-state index < -0.39 is 25.0 Å². The zero-order chi connectivity index (χ0) is 26.2. The molecule has 35 heavy (non-hydrogen) atoms. The summed E-state index contributed by atoms with van der Waals surface area (Å²) in [7, 11) is -2.18. The van der Waals surface area contributed by atoms with E-state index in [2.05, 4.69) is 0 Å². The van der Waals surface area contributed by atoms with Crippen molar-refractivity contribution in [2.75, 3.05) is 18.5 Å². The lowest BCUT2D eigenvalue weighted by molar-refractivity contribution is -0.138. The van der Waals surface area contributed by atoms with E-state index in [0.29, 0.717) is 0 Å². The highest BCUT2D eigenvalue weighted by atomic mass is 31.2. The second kappa shape index (κ2) is 23.1. The van der Waals surface area contributed by atoms with Gasteiger partial charge in [0.15, 0.2) is 0 Å². The second-order valence-corrected chi connectivity index (χ2v) is 13.5. The van der Waals surface area contributed by atoms with Gasteiger partial charge >= 0.3 is 17.9 Å². The molecule has 0 saturated carbocycles. The van der Waals surface area contributed by atoms with Gasteiger partial charge in [-0.05, 0) is 38.5 Å². The van der Waals surface area contributed by atoms with Gasteiger partial charge in [0, 0.05) is 37.7 Å².